The number of carbonyl (C=O) groups excluding carboxylic acids is 1. The number of nitrogens with zero attached hydrogens (tertiary/aromatic N) is 2. The van der Waals surface area contributed by atoms with Crippen molar-refractivity contribution >= 4 is 11.9 Å². The second kappa shape index (κ2) is 10.2. The monoisotopic (exact) mass is 376 g/mol. The second-order valence-corrected chi connectivity index (χ2v) is 7.25. The predicted octanol–water partition coefficient (Wildman–Crippen LogP) is 1.64. The van der Waals surface area contributed by atoms with Crippen LogP contribution in [-0.2, 0) is 16.1 Å². The topological polar surface area (TPSA) is 75.2 Å². The molecule has 0 bridgehead atoms. The minimum atomic E-state index is 0.00876. The molecular formula is C20H32N4O3. The Morgan fingerprint density at radius 2 is 1.89 bits per heavy atom. The van der Waals surface area contributed by atoms with Gasteiger partial charge in [-0.15, -0.1) is 0 Å². The fraction of sp³-hybridized carbons (Fsp3) is 0.600. The highest BCUT2D eigenvalue weighted by Crippen LogP contribution is 2.48. The van der Waals surface area contributed by atoms with Crippen LogP contribution < -0.4 is 15.4 Å². The maximum atomic E-state index is 11.9. The Balaban J connectivity index is 1.95. The number of benzene rings is 1. The van der Waals surface area contributed by atoms with Gasteiger partial charge >= 0.3 is 0 Å². The highest BCUT2D eigenvalue weighted by molar-refractivity contribution is 5.86. The molecule has 0 unspecified atom stereocenters. The molecule has 0 heterocycles. The Labute approximate surface area is 162 Å². The lowest BCUT2D eigenvalue weighted by Gasteiger charge is -2.19. The fourth-order valence-corrected chi connectivity index (χ4v) is 2.67. The molecule has 1 aliphatic rings. The zero-order valence-corrected chi connectivity index (χ0v) is 16.9. The van der Waals surface area contributed by atoms with Crippen LogP contribution in [0.4, 0.5) is 0 Å². The smallest absolute Gasteiger partial charge is 0.241 e. The maximum absolute atomic E-state index is 11.9. The number of methoxy groups -OCH3 is 2. The molecule has 1 fully saturated rings. The van der Waals surface area contributed by atoms with Crippen LogP contribution in [0.5, 0.6) is 5.75 Å². The minimum absolute atomic E-state index is 0.00876. The van der Waals surface area contributed by atoms with Gasteiger partial charge in [-0.05, 0) is 42.4 Å². The van der Waals surface area contributed by atoms with Gasteiger partial charge in [0.05, 0.1) is 20.2 Å². The van der Waals surface area contributed by atoms with Gasteiger partial charge in [-0.2, -0.15) is 0 Å². The van der Waals surface area contributed by atoms with E-state index < -0.39 is 0 Å². The maximum Gasteiger partial charge on any atom is 0.241 e. The van der Waals surface area contributed by atoms with E-state index in [0.717, 1.165) is 30.9 Å². The molecule has 0 saturated heterocycles. The van der Waals surface area contributed by atoms with Gasteiger partial charge in [-0.3, -0.25) is 4.79 Å². The molecular weight excluding hydrogens is 344 g/mol. The van der Waals surface area contributed by atoms with Crippen LogP contribution in [0.3, 0.4) is 0 Å². The average Bonchev–Trinajstić information content (AvgIpc) is 3.46. The van der Waals surface area contributed by atoms with Crippen molar-refractivity contribution < 1.29 is 14.3 Å². The lowest BCUT2D eigenvalue weighted by atomic mass is 10.0. The number of amides is 1. The van der Waals surface area contributed by atoms with Crippen molar-refractivity contribution in [3.8, 4) is 5.75 Å². The molecule has 1 amide bonds. The lowest BCUT2D eigenvalue weighted by Crippen LogP contribution is -2.44. The number of rotatable bonds is 10. The first kappa shape index (κ1) is 21.0. The Morgan fingerprint density at radius 3 is 2.44 bits per heavy atom. The molecule has 2 N–H and O–H groups in total. The summed E-state index contributed by atoms with van der Waals surface area (Å²) in [5.74, 6) is 1.49. The molecule has 7 nitrogen and oxygen atoms in total. The third-order valence-corrected chi connectivity index (χ3v) is 4.91. The molecule has 27 heavy (non-hydrogen) atoms. The van der Waals surface area contributed by atoms with Crippen molar-refractivity contribution in [1.29, 1.82) is 0 Å². The molecule has 2 rings (SSSR count). The number of hydrogen-bond acceptors (Lipinski definition) is 4. The highest BCUT2D eigenvalue weighted by atomic mass is 16.5. The summed E-state index contributed by atoms with van der Waals surface area (Å²) >= 11 is 0. The van der Waals surface area contributed by atoms with Crippen LogP contribution in [0, 0.1) is 5.41 Å². The van der Waals surface area contributed by atoms with Crippen LogP contribution in [0.2, 0.25) is 0 Å². The molecule has 150 valence electrons. The van der Waals surface area contributed by atoms with Crippen LogP contribution in [-0.4, -0.2) is 64.8 Å². The second-order valence-electron chi connectivity index (χ2n) is 7.25. The highest BCUT2D eigenvalue weighted by Gasteiger charge is 2.41. The van der Waals surface area contributed by atoms with Gasteiger partial charge in [-0.1, -0.05) is 12.1 Å². The first-order valence-corrected chi connectivity index (χ1v) is 9.32. The van der Waals surface area contributed by atoms with E-state index in [2.05, 4.69) is 15.6 Å². The summed E-state index contributed by atoms with van der Waals surface area (Å²) in [7, 11) is 6.88. The largest absolute Gasteiger partial charge is 0.497 e. The van der Waals surface area contributed by atoms with Crippen molar-refractivity contribution in [3.63, 3.8) is 0 Å². The number of guanidine groups is 1. The van der Waals surface area contributed by atoms with E-state index in [1.807, 2.05) is 24.3 Å². The van der Waals surface area contributed by atoms with Crippen molar-refractivity contribution in [2.75, 3.05) is 48.0 Å². The Morgan fingerprint density at radius 1 is 1.19 bits per heavy atom. The van der Waals surface area contributed by atoms with Crippen molar-refractivity contribution in [3.05, 3.63) is 29.8 Å². The number of ether oxygens (including phenoxy) is 2. The van der Waals surface area contributed by atoms with E-state index in [9.17, 15) is 4.79 Å². The van der Waals surface area contributed by atoms with Gasteiger partial charge in [0.2, 0.25) is 5.91 Å². The molecule has 1 aromatic rings. The first-order valence-electron chi connectivity index (χ1n) is 9.32. The molecule has 1 aliphatic carbocycles. The van der Waals surface area contributed by atoms with Crippen LogP contribution in [0.1, 0.15) is 24.8 Å². The number of aliphatic imine (C=N–C) groups is 1. The molecule has 0 spiro atoms. The molecule has 0 aliphatic heterocycles. The van der Waals surface area contributed by atoms with Gasteiger partial charge in [0.25, 0.3) is 0 Å². The van der Waals surface area contributed by atoms with Gasteiger partial charge in [0, 0.05) is 34.4 Å². The Kier molecular flexibility index (Phi) is 7.91. The lowest BCUT2D eigenvalue weighted by molar-refractivity contribution is -0.127. The summed E-state index contributed by atoms with van der Waals surface area (Å²) in [6, 6.07) is 7.83. The first-order chi connectivity index (χ1) is 13.0. The number of hydrogen-bond donors (Lipinski definition) is 2. The van der Waals surface area contributed by atoms with E-state index in [1.165, 1.54) is 12.8 Å². The molecule has 0 aromatic heterocycles. The summed E-state index contributed by atoms with van der Waals surface area (Å²) in [6.45, 7) is 2.35. The van der Waals surface area contributed by atoms with E-state index in [0.29, 0.717) is 17.9 Å². The number of likely N-dealkylation sites (N-methyl/N-ethyl adjacent to an activating group) is 1. The molecule has 0 atom stereocenters. The SMILES string of the molecule is COCCC1(CNC(=NCc2ccc(OC)cc2)NCC(=O)N(C)C)CC1. The van der Waals surface area contributed by atoms with E-state index in [4.69, 9.17) is 9.47 Å². The standard InChI is InChI=1S/C20H32N4O3/c1-24(2)18(25)14-22-19(23-15-20(9-10-20)11-12-26-3)21-13-16-5-7-17(27-4)8-6-16/h5-8H,9-15H2,1-4H3,(H2,21,22,23). The summed E-state index contributed by atoms with van der Waals surface area (Å²) in [6.07, 6.45) is 3.44. The van der Waals surface area contributed by atoms with Gasteiger partial charge in [-0.25, -0.2) is 4.99 Å². The van der Waals surface area contributed by atoms with Gasteiger partial charge in [0.1, 0.15) is 5.75 Å². The Bertz CT molecular complexity index is 625. The van der Waals surface area contributed by atoms with Gasteiger partial charge < -0.3 is 25.0 Å². The van der Waals surface area contributed by atoms with Crippen molar-refractivity contribution in [2.45, 2.75) is 25.8 Å². The van der Waals surface area contributed by atoms with Crippen molar-refractivity contribution in [1.82, 2.24) is 15.5 Å². The van der Waals surface area contributed by atoms with E-state index in [1.54, 1.807) is 33.2 Å². The third-order valence-electron chi connectivity index (χ3n) is 4.91. The number of carbonyl (C=O) groups is 1. The summed E-state index contributed by atoms with van der Waals surface area (Å²) in [5.41, 5.74) is 1.38. The summed E-state index contributed by atoms with van der Waals surface area (Å²) in [5, 5.41) is 6.55. The molecule has 0 radical (unpaired) electrons. The molecule has 1 saturated carbocycles. The van der Waals surface area contributed by atoms with Gasteiger partial charge in [0.15, 0.2) is 5.96 Å². The fourth-order valence-electron chi connectivity index (χ4n) is 2.67. The average molecular weight is 377 g/mol. The Hall–Kier alpha value is -2.28. The molecule has 1 aromatic carbocycles. The minimum Gasteiger partial charge on any atom is -0.497 e. The quantitative estimate of drug-likeness (QED) is 0.480. The number of nitrogens with one attached hydrogen (secondary N) is 2. The van der Waals surface area contributed by atoms with Crippen LogP contribution >= 0.6 is 0 Å². The van der Waals surface area contributed by atoms with Crippen molar-refractivity contribution in [2.24, 2.45) is 10.4 Å². The van der Waals surface area contributed by atoms with Crippen LogP contribution in [0.15, 0.2) is 29.3 Å². The molecule has 7 heteroatoms. The normalized spacial score (nSPS) is 15.2. The zero-order valence-electron chi connectivity index (χ0n) is 16.9. The van der Waals surface area contributed by atoms with E-state index >= 15 is 0 Å². The summed E-state index contributed by atoms with van der Waals surface area (Å²) in [4.78, 5) is 18.1. The van der Waals surface area contributed by atoms with Crippen LogP contribution in [0.25, 0.3) is 0 Å². The predicted molar refractivity (Wildman–Crippen MR) is 107 cm³/mol. The zero-order chi connectivity index (χ0) is 19.7. The summed E-state index contributed by atoms with van der Waals surface area (Å²) < 4.78 is 10.4. The van der Waals surface area contributed by atoms with E-state index in [-0.39, 0.29) is 12.5 Å². The third kappa shape index (κ3) is 7.09.